The highest BCUT2D eigenvalue weighted by Gasteiger charge is 2.39. The second-order valence-electron chi connectivity index (χ2n) is 8.80. The number of hydrogen-bond donors (Lipinski definition) is 3. The van der Waals surface area contributed by atoms with Crippen LogP contribution in [0.3, 0.4) is 0 Å². The maximum absolute atomic E-state index is 13.1. The number of ether oxygens (including phenoxy) is 1. The van der Waals surface area contributed by atoms with E-state index >= 15 is 0 Å². The molecule has 0 saturated carbocycles. The Labute approximate surface area is 198 Å². The van der Waals surface area contributed by atoms with Gasteiger partial charge in [0, 0.05) is 56.5 Å². The zero-order valence-electron chi connectivity index (χ0n) is 18.8. The minimum absolute atomic E-state index is 0.0414. The van der Waals surface area contributed by atoms with Crippen molar-refractivity contribution in [2.24, 2.45) is 0 Å². The molecule has 3 atom stereocenters. The fourth-order valence-electron chi connectivity index (χ4n) is 4.61. The molecular formula is C23H28N6O4S. The number of β-amino-alcohol motifs (C(OH)–C–C–N with tert-alkyl or cyclic N) is 1. The van der Waals surface area contributed by atoms with Crippen LogP contribution in [0.15, 0.2) is 60.0 Å². The molecule has 180 valence electrons. The molecule has 0 aliphatic carbocycles. The van der Waals surface area contributed by atoms with Crippen molar-refractivity contribution < 1.29 is 18.3 Å². The Kier molecular flexibility index (Phi) is 6.36. The molecule has 3 N–H and O–H groups in total. The van der Waals surface area contributed by atoms with Crippen LogP contribution < -0.4 is 9.46 Å². The lowest BCUT2D eigenvalue weighted by Crippen LogP contribution is -2.47. The van der Waals surface area contributed by atoms with Crippen molar-refractivity contribution in [1.82, 2.24) is 29.5 Å². The third kappa shape index (κ3) is 4.84. The molecule has 11 heteroatoms. The number of nitrogens with zero attached hydrogens (tertiary/aromatic N) is 4. The first-order chi connectivity index (χ1) is 16.4. The summed E-state index contributed by atoms with van der Waals surface area (Å²) < 4.78 is 35.2. The predicted octanol–water partition coefficient (Wildman–Crippen LogP) is 0.688. The third-order valence-corrected chi connectivity index (χ3v) is 7.78. The van der Waals surface area contributed by atoms with E-state index in [0.29, 0.717) is 26.2 Å². The molecule has 1 aromatic carbocycles. The van der Waals surface area contributed by atoms with Crippen LogP contribution in [0.5, 0.6) is 5.75 Å². The van der Waals surface area contributed by atoms with Gasteiger partial charge in [-0.15, -0.1) is 0 Å². The number of aromatic nitrogens is 3. The summed E-state index contributed by atoms with van der Waals surface area (Å²) in [7, 11) is -1.96. The van der Waals surface area contributed by atoms with Crippen LogP contribution in [0.1, 0.15) is 5.82 Å². The summed E-state index contributed by atoms with van der Waals surface area (Å²) in [4.78, 5) is 15.9. The van der Waals surface area contributed by atoms with Crippen LogP contribution in [0.4, 0.5) is 0 Å². The largest absolute Gasteiger partial charge is 0.486 e. The Bertz CT molecular complexity index is 1220. The Morgan fingerprint density at radius 1 is 1.18 bits per heavy atom. The fourth-order valence-corrected chi connectivity index (χ4v) is 5.80. The van der Waals surface area contributed by atoms with Crippen LogP contribution in [0.25, 0.3) is 11.1 Å². The number of nitrogens with one attached hydrogen (secondary N) is 2. The number of benzene rings is 1. The number of hydrogen-bond acceptors (Lipinski definition) is 8. The molecule has 5 rings (SSSR count). The molecule has 2 aromatic heterocycles. The second-order valence-corrected chi connectivity index (χ2v) is 10.5. The number of sulfonamides is 1. The Morgan fingerprint density at radius 2 is 2.06 bits per heavy atom. The summed E-state index contributed by atoms with van der Waals surface area (Å²) in [6.07, 6.45) is 5.78. The van der Waals surface area contributed by atoms with Gasteiger partial charge in [-0.05, 0) is 30.8 Å². The first-order valence-corrected chi connectivity index (χ1v) is 12.7. The normalized spacial score (nSPS) is 25.6. The SMILES string of the molecule is CN1C[C@@H](O)CNS(=O)(=O)c2ccc(-c3cccnc3)cc2O[C@H]2CN(Cc3ncc[nH]3)C[C@H]21. The molecule has 1 saturated heterocycles. The average molecular weight is 485 g/mol. The first kappa shape index (κ1) is 22.9. The van der Waals surface area contributed by atoms with Crippen molar-refractivity contribution in [3.8, 4) is 16.9 Å². The molecule has 4 heterocycles. The quantitative estimate of drug-likeness (QED) is 0.496. The summed E-state index contributed by atoms with van der Waals surface area (Å²) in [5, 5.41) is 10.5. The molecule has 0 spiro atoms. The molecule has 0 radical (unpaired) electrons. The monoisotopic (exact) mass is 484 g/mol. The molecule has 2 aliphatic heterocycles. The van der Waals surface area contributed by atoms with E-state index in [1.54, 1.807) is 43.0 Å². The third-order valence-electron chi connectivity index (χ3n) is 6.32. The molecule has 0 unspecified atom stereocenters. The maximum atomic E-state index is 13.1. The van der Waals surface area contributed by atoms with Crippen molar-refractivity contribution in [1.29, 1.82) is 0 Å². The number of aliphatic hydroxyl groups is 1. The van der Waals surface area contributed by atoms with E-state index in [1.165, 1.54) is 0 Å². The van der Waals surface area contributed by atoms with Crippen LogP contribution in [-0.4, -0.2) is 89.8 Å². The van der Waals surface area contributed by atoms with E-state index in [9.17, 15) is 13.5 Å². The van der Waals surface area contributed by atoms with Crippen LogP contribution in [0.2, 0.25) is 0 Å². The van der Waals surface area contributed by atoms with Gasteiger partial charge in [0.15, 0.2) is 0 Å². The number of likely N-dealkylation sites (tertiary alicyclic amines) is 1. The fraction of sp³-hybridized carbons (Fsp3) is 0.391. The maximum Gasteiger partial charge on any atom is 0.244 e. The van der Waals surface area contributed by atoms with Crippen molar-refractivity contribution >= 4 is 10.0 Å². The highest BCUT2D eigenvalue weighted by atomic mass is 32.2. The summed E-state index contributed by atoms with van der Waals surface area (Å²) in [5.41, 5.74) is 1.68. The number of aliphatic hydroxyl groups excluding tert-OH is 1. The number of fused-ring (bicyclic) bond motifs is 2. The number of rotatable bonds is 3. The number of H-pyrrole nitrogens is 1. The van der Waals surface area contributed by atoms with Gasteiger partial charge in [0.2, 0.25) is 10.0 Å². The van der Waals surface area contributed by atoms with E-state index in [2.05, 4.69) is 24.6 Å². The molecule has 34 heavy (non-hydrogen) atoms. The zero-order valence-corrected chi connectivity index (χ0v) is 19.6. The van der Waals surface area contributed by atoms with Gasteiger partial charge in [0.25, 0.3) is 0 Å². The first-order valence-electron chi connectivity index (χ1n) is 11.2. The summed E-state index contributed by atoms with van der Waals surface area (Å²) in [6.45, 7) is 2.16. The Balaban J connectivity index is 1.52. The Morgan fingerprint density at radius 3 is 2.82 bits per heavy atom. The van der Waals surface area contributed by atoms with Crippen molar-refractivity contribution in [2.45, 2.75) is 29.7 Å². The van der Waals surface area contributed by atoms with Gasteiger partial charge in [0.05, 0.1) is 18.7 Å². The standard InChI is InChI=1S/C23H28N6O4S/c1-28-12-18(30)11-27-34(31,32)22-5-4-16(17-3-2-6-24-10-17)9-20(22)33-21-14-29(13-19(21)28)15-23-25-7-8-26-23/h2-10,18-19,21,27,30H,11-15H2,1H3,(H,25,26)/t18-,19+,21-/m0/s1. The van der Waals surface area contributed by atoms with E-state index in [0.717, 1.165) is 17.0 Å². The van der Waals surface area contributed by atoms with Crippen molar-refractivity contribution in [3.05, 3.63) is 60.9 Å². The van der Waals surface area contributed by atoms with Crippen molar-refractivity contribution in [3.63, 3.8) is 0 Å². The summed E-state index contributed by atoms with van der Waals surface area (Å²) >= 11 is 0. The molecule has 0 amide bonds. The summed E-state index contributed by atoms with van der Waals surface area (Å²) in [6, 6.07) is 8.77. The predicted molar refractivity (Wildman–Crippen MR) is 126 cm³/mol. The highest BCUT2D eigenvalue weighted by molar-refractivity contribution is 7.89. The van der Waals surface area contributed by atoms with Crippen LogP contribution >= 0.6 is 0 Å². The molecule has 0 bridgehead atoms. The molecule has 2 aliphatic rings. The van der Waals surface area contributed by atoms with E-state index in [4.69, 9.17) is 4.74 Å². The molecule has 10 nitrogen and oxygen atoms in total. The number of aromatic amines is 1. The lowest BCUT2D eigenvalue weighted by Gasteiger charge is -2.30. The minimum atomic E-state index is -3.89. The molecule has 1 fully saturated rings. The molecular weight excluding hydrogens is 456 g/mol. The second kappa shape index (κ2) is 9.43. The lowest BCUT2D eigenvalue weighted by atomic mass is 10.1. The number of pyridine rings is 1. The topological polar surface area (TPSA) is 124 Å². The van der Waals surface area contributed by atoms with Gasteiger partial charge in [0.1, 0.15) is 22.6 Å². The Hall–Kier alpha value is -2.83. The minimum Gasteiger partial charge on any atom is -0.486 e. The van der Waals surface area contributed by atoms with Crippen molar-refractivity contribution in [2.75, 3.05) is 33.2 Å². The van der Waals surface area contributed by atoms with E-state index in [1.807, 2.05) is 24.1 Å². The van der Waals surface area contributed by atoms with Crippen LogP contribution in [-0.2, 0) is 16.6 Å². The van der Waals surface area contributed by atoms with Gasteiger partial charge < -0.3 is 14.8 Å². The lowest BCUT2D eigenvalue weighted by molar-refractivity contribution is 0.0713. The van der Waals surface area contributed by atoms with E-state index in [-0.39, 0.29) is 29.3 Å². The van der Waals surface area contributed by atoms with Gasteiger partial charge in [-0.2, -0.15) is 0 Å². The zero-order chi connectivity index (χ0) is 23.7. The van der Waals surface area contributed by atoms with Gasteiger partial charge in [-0.25, -0.2) is 18.1 Å². The van der Waals surface area contributed by atoms with Gasteiger partial charge in [-0.1, -0.05) is 12.1 Å². The molecule has 3 aromatic rings. The summed E-state index contributed by atoms with van der Waals surface area (Å²) in [5.74, 6) is 1.14. The number of imidazole rings is 1. The smallest absolute Gasteiger partial charge is 0.244 e. The van der Waals surface area contributed by atoms with E-state index < -0.39 is 16.1 Å². The average Bonchev–Trinajstić information content (AvgIpc) is 3.48. The van der Waals surface area contributed by atoms with Gasteiger partial charge >= 0.3 is 0 Å². The van der Waals surface area contributed by atoms with Gasteiger partial charge in [-0.3, -0.25) is 14.8 Å². The van der Waals surface area contributed by atoms with Crippen LogP contribution in [0, 0.1) is 0 Å². The highest BCUT2D eigenvalue weighted by Crippen LogP contribution is 2.33. The number of likely N-dealkylation sites (N-methyl/N-ethyl adjacent to an activating group) is 1.